The lowest BCUT2D eigenvalue weighted by molar-refractivity contribution is 1.07. The number of aromatic nitrogens is 4. The molecule has 0 saturated heterocycles. The van der Waals surface area contributed by atoms with E-state index in [9.17, 15) is 0 Å². The molecule has 0 unspecified atom stereocenters. The smallest absolute Gasteiger partial charge is 0.164 e. The molecule has 4 nitrogen and oxygen atoms in total. The summed E-state index contributed by atoms with van der Waals surface area (Å²) in [6, 6.07) is 41.0. The molecule has 0 amide bonds. The van der Waals surface area contributed by atoms with Crippen molar-refractivity contribution < 1.29 is 0 Å². The first kappa shape index (κ1) is 21.6. The number of hydrogen-bond acceptors (Lipinski definition) is 4. The zero-order valence-corrected chi connectivity index (χ0v) is 19.5. The third-order valence-electron chi connectivity index (χ3n) is 6.03. The second-order valence-electron chi connectivity index (χ2n) is 8.44. The third kappa shape index (κ3) is 4.52. The van der Waals surface area contributed by atoms with Gasteiger partial charge in [0.2, 0.25) is 0 Å². The van der Waals surface area contributed by atoms with E-state index in [2.05, 4.69) is 59.6 Å². The molecule has 4 heteroatoms. The minimum Gasteiger partial charge on any atom is -0.264 e. The fraction of sp³-hybridized carbons (Fsp3) is 0. The highest BCUT2D eigenvalue weighted by Gasteiger charge is 2.12. The summed E-state index contributed by atoms with van der Waals surface area (Å²) >= 11 is 0. The van der Waals surface area contributed by atoms with Gasteiger partial charge in [0.15, 0.2) is 17.5 Å². The molecule has 0 aliphatic rings. The average molecular weight is 463 g/mol. The van der Waals surface area contributed by atoms with Gasteiger partial charge in [-0.1, -0.05) is 109 Å². The summed E-state index contributed by atoms with van der Waals surface area (Å²) in [5.74, 6) is 1.97. The van der Waals surface area contributed by atoms with Gasteiger partial charge in [0.1, 0.15) is 0 Å². The number of nitrogens with zero attached hydrogens (tertiary/aromatic N) is 4. The molecule has 0 aliphatic heterocycles. The summed E-state index contributed by atoms with van der Waals surface area (Å²) in [5.41, 5.74) is 7.38. The van der Waals surface area contributed by atoms with Crippen molar-refractivity contribution in [1.29, 1.82) is 0 Å². The van der Waals surface area contributed by atoms with Crippen LogP contribution in [0, 0.1) is 0 Å². The highest BCUT2D eigenvalue weighted by molar-refractivity contribution is 5.74. The molecule has 2 heterocycles. The standard InChI is InChI=1S/C32H22N4/c1-3-9-24(10-4-1)30-34-31(25-11-5-2-6-12-25)36-32(35-30)26-18-16-23(17-19-26)27-13-7-14-28(21-27)29-15-8-20-33-22-29/h1-22H. The predicted octanol–water partition coefficient (Wildman–Crippen LogP) is 7.60. The quantitative estimate of drug-likeness (QED) is 0.265. The molecular weight excluding hydrogens is 440 g/mol. The third-order valence-corrected chi connectivity index (χ3v) is 6.03. The van der Waals surface area contributed by atoms with Gasteiger partial charge in [-0.05, 0) is 28.8 Å². The molecule has 6 aromatic rings. The van der Waals surface area contributed by atoms with Crippen LogP contribution in [0.1, 0.15) is 0 Å². The normalized spacial score (nSPS) is 10.8. The molecule has 2 aromatic heterocycles. The Balaban J connectivity index is 1.38. The van der Waals surface area contributed by atoms with Crippen molar-refractivity contribution in [3.63, 3.8) is 0 Å². The van der Waals surface area contributed by atoms with Gasteiger partial charge in [-0.25, -0.2) is 15.0 Å². The summed E-state index contributed by atoms with van der Waals surface area (Å²) in [6.07, 6.45) is 3.68. The van der Waals surface area contributed by atoms with E-state index in [-0.39, 0.29) is 0 Å². The minimum absolute atomic E-state index is 0.651. The average Bonchev–Trinajstić information content (AvgIpc) is 2.98. The van der Waals surface area contributed by atoms with E-state index in [1.54, 1.807) is 6.20 Å². The molecule has 4 aromatic carbocycles. The lowest BCUT2D eigenvalue weighted by Gasteiger charge is -2.09. The Labute approximate surface area is 210 Å². The Morgan fingerprint density at radius 2 is 0.778 bits per heavy atom. The van der Waals surface area contributed by atoms with Gasteiger partial charge in [0.05, 0.1) is 0 Å². The molecule has 0 aliphatic carbocycles. The first-order chi connectivity index (χ1) is 17.8. The van der Waals surface area contributed by atoms with E-state index in [4.69, 9.17) is 15.0 Å². The van der Waals surface area contributed by atoms with E-state index in [0.29, 0.717) is 17.5 Å². The Morgan fingerprint density at radius 3 is 1.31 bits per heavy atom. The van der Waals surface area contributed by atoms with Crippen LogP contribution in [0.2, 0.25) is 0 Å². The fourth-order valence-corrected chi connectivity index (χ4v) is 4.16. The SMILES string of the molecule is c1ccc(-c2nc(-c3ccccc3)nc(-c3ccc(-c4cccc(-c5cccnc5)c4)cc3)n2)cc1. The van der Waals surface area contributed by atoms with E-state index in [1.807, 2.05) is 72.9 Å². The van der Waals surface area contributed by atoms with Gasteiger partial charge >= 0.3 is 0 Å². The second-order valence-corrected chi connectivity index (χ2v) is 8.44. The highest BCUT2D eigenvalue weighted by atomic mass is 15.0. The molecular formula is C32H22N4. The van der Waals surface area contributed by atoms with Gasteiger partial charge in [-0.3, -0.25) is 4.98 Å². The lowest BCUT2D eigenvalue weighted by atomic mass is 9.99. The maximum atomic E-state index is 4.83. The van der Waals surface area contributed by atoms with E-state index in [1.165, 1.54) is 0 Å². The van der Waals surface area contributed by atoms with E-state index < -0.39 is 0 Å². The predicted molar refractivity (Wildman–Crippen MR) is 145 cm³/mol. The number of rotatable bonds is 5. The molecule has 0 bridgehead atoms. The molecule has 0 saturated carbocycles. The van der Waals surface area contributed by atoms with Crippen LogP contribution in [0.15, 0.2) is 134 Å². The van der Waals surface area contributed by atoms with Crippen LogP contribution < -0.4 is 0 Å². The van der Waals surface area contributed by atoms with Crippen molar-refractivity contribution in [1.82, 2.24) is 19.9 Å². The first-order valence-corrected chi connectivity index (χ1v) is 11.8. The maximum Gasteiger partial charge on any atom is 0.164 e. The van der Waals surface area contributed by atoms with Crippen LogP contribution in [-0.4, -0.2) is 19.9 Å². The van der Waals surface area contributed by atoms with Crippen molar-refractivity contribution in [3.05, 3.63) is 134 Å². The molecule has 0 spiro atoms. The van der Waals surface area contributed by atoms with Crippen LogP contribution in [0.3, 0.4) is 0 Å². The molecule has 0 N–H and O–H groups in total. The molecule has 0 fully saturated rings. The Bertz CT molecular complexity index is 1540. The zero-order valence-electron chi connectivity index (χ0n) is 19.5. The molecule has 36 heavy (non-hydrogen) atoms. The molecule has 170 valence electrons. The second kappa shape index (κ2) is 9.72. The summed E-state index contributed by atoms with van der Waals surface area (Å²) in [7, 11) is 0. The van der Waals surface area contributed by atoms with Gasteiger partial charge in [0.25, 0.3) is 0 Å². The topological polar surface area (TPSA) is 51.6 Å². The first-order valence-electron chi connectivity index (χ1n) is 11.8. The van der Waals surface area contributed by atoms with Crippen molar-refractivity contribution in [3.8, 4) is 56.4 Å². The van der Waals surface area contributed by atoms with Gasteiger partial charge < -0.3 is 0 Å². The molecule has 6 rings (SSSR count). The van der Waals surface area contributed by atoms with Crippen molar-refractivity contribution in [2.24, 2.45) is 0 Å². The monoisotopic (exact) mass is 462 g/mol. The zero-order chi connectivity index (χ0) is 24.2. The Kier molecular flexibility index (Phi) is 5.83. The summed E-state index contributed by atoms with van der Waals surface area (Å²) in [5, 5.41) is 0. The number of pyridine rings is 1. The Hall–Kier alpha value is -4.96. The van der Waals surface area contributed by atoms with Crippen LogP contribution in [-0.2, 0) is 0 Å². The van der Waals surface area contributed by atoms with Crippen molar-refractivity contribution in [2.75, 3.05) is 0 Å². The Morgan fingerprint density at radius 1 is 0.333 bits per heavy atom. The largest absolute Gasteiger partial charge is 0.264 e. The minimum atomic E-state index is 0.651. The van der Waals surface area contributed by atoms with Crippen molar-refractivity contribution in [2.45, 2.75) is 0 Å². The van der Waals surface area contributed by atoms with Gasteiger partial charge in [-0.2, -0.15) is 0 Å². The van der Waals surface area contributed by atoms with Crippen LogP contribution in [0.5, 0.6) is 0 Å². The van der Waals surface area contributed by atoms with E-state index in [0.717, 1.165) is 38.9 Å². The summed E-state index contributed by atoms with van der Waals surface area (Å²) in [4.78, 5) is 18.7. The van der Waals surface area contributed by atoms with E-state index >= 15 is 0 Å². The summed E-state index contributed by atoms with van der Waals surface area (Å²) < 4.78 is 0. The molecule has 0 radical (unpaired) electrons. The summed E-state index contributed by atoms with van der Waals surface area (Å²) in [6.45, 7) is 0. The maximum absolute atomic E-state index is 4.83. The number of benzene rings is 4. The highest BCUT2D eigenvalue weighted by Crippen LogP contribution is 2.29. The van der Waals surface area contributed by atoms with Crippen molar-refractivity contribution >= 4 is 0 Å². The van der Waals surface area contributed by atoms with Crippen LogP contribution >= 0.6 is 0 Å². The van der Waals surface area contributed by atoms with Gasteiger partial charge in [-0.15, -0.1) is 0 Å². The van der Waals surface area contributed by atoms with Gasteiger partial charge in [0, 0.05) is 34.6 Å². The van der Waals surface area contributed by atoms with Crippen LogP contribution in [0.25, 0.3) is 56.4 Å². The lowest BCUT2D eigenvalue weighted by Crippen LogP contribution is -2.00. The van der Waals surface area contributed by atoms with Crippen LogP contribution in [0.4, 0.5) is 0 Å². The molecule has 0 atom stereocenters. The fourth-order valence-electron chi connectivity index (χ4n) is 4.16. The number of hydrogen-bond donors (Lipinski definition) is 0.